The molecule has 2 N–H and O–H groups in total. The molecule has 1 saturated heterocycles. The van der Waals surface area contributed by atoms with E-state index in [1.807, 2.05) is 20.8 Å². The molecule has 0 unspecified atom stereocenters. The summed E-state index contributed by atoms with van der Waals surface area (Å²) in [5.74, 6) is 0. The number of rotatable bonds is 4. The van der Waals surface area contributed by atoms with Crippen molar-refractivity contribution in [1.82, 2.24) is 13.9 Å². The first-order chi connectivity index (χ1) is 8.24. The van der Waals surface area contributed by atoms with Crippen molar-refractivity contribution in [3.63, 3.8) is 0 Å². The second-order valence-electron chi connectivity index (χ2n) is 5.67. The average molecular weight is 279 g/mol. The maximum absolute atomic E-state index is 12.2. The van der Waals surface area contributed by atoms with Gasteiger partial charge in [0.15, 0.2) is 0 Å². The van der Waals surface area contributed by atoms with Crippen LogP contribution in [0.15, 0.2) is 0 Å². The Hall–Kier alpha value is -0.210. The Labute approximate surface area is 110 Å². The Balaban J connectivity index is 2.62. The van der Waals surface area contributed by atoms with Crippen LogP contribution in [0.2, 0.25) is 0 Å². The first-order valence-electron chi connectivity index (χ1n) is 6.37. The van der Waals surface area contributed by atoms with Crippen molar-refractivity contribution in [3.8, 4) is 0 Å². The number of β-amino-alcohol motifs (C(OH)–C–C–N with tert-alkyl or cyclic N) is 1. The monoisotopic (exact) mass is 279 g/mol. The molecule has 108 valence electrons. The number of nitrogens with one attached hydrogen (secondary N) is 1. The molecule has 0 saturated carbocycles. The summed E-state index contributed by atoms with van der Waals surface area (Å²) in [7, 11) is -3.41. The van der Waals surface area contributed by atoms with Gasteiger partial charge in [0.25, 0.3) is 10.2 Å². The van der Waals surface area contributed by atoms with Crippen molar-refractivity contribution in [2.75, 3.05) is 39.3 Å². The van der Waals surface area contributed by atoms with Crippen LogP contribution >= 0.6 is 0 Å². The molecule has 0 radical (unpaired) electrons. The second-order valence-corrected chi connectivity index (χ2v) is 7.35. The van der Waals surface area contributed by atoms with Crippen LogP contribution in [-0.2, 0) is 10.2 Å². The van der Waals surface area contributed by atoms with Crippen LogP contribution in [0.5, 0.6) is 0 Å². The minimum absolute atomic E-state index is 0.118. The minimum Gasteiger partial charge on any atom is -0.395 e. The van der Waals surface area contributed by atoms with Crippen LogP contribution in [0, 0.1) is 0 Å². The maximum atomic E-state index is 12.2. The van der Waals surface area contributed by atoms with E-state index in [0.717, 1.165) is 13.0 Å². The summed E-state index contributed by atoms with van der Waals surface area (Å²) >= 11 is 0. The lowest BCUT2D eigenvalue weighted by molar-refractivity contribution is 0.202. The normalized spacial score (nSPS) is 20.9. The van der Waals surface area contributed by atoms with E-state index < -0.39 is 15.7 Å². The average Bonchev–Trinajstić information content (AvgIpc) is 2.40. The summed E-state index contributed by atoms with van der Waals surface area (Å²) < 4.78 is 28.5. The van der Waals surface area contributed by atoms with Gasteiger partial charge in [-0.3, -0.25) is 4.90 Å². The Morgan fingerprint density at radius 1 is 1.17 bits per heavy atom. The van der Waals surface area contributed by atoms with Crippen molar-refractivity contribution in [2.45, 2.75) is 32.7 Å². The van der Waals surface area contributed by atoms with Crippen molar-refractivity contribution >= 4 is 10.2 Å². The van der Waals surface area contributed by atoms with Gasteiger partial charge in [0.05, 0.1) is 6.61 Å². The Morgan fingerprint density at radius 3 is 2.39 bits per heavy atom. The fraction of sp³-hybridized carbons (Fsp3) is 1.00. The van der Waals surface area contributed by atoms with Crippen LogP contribution in [0.3, 0.4) is 0 Å². The Bertz CT molecular complexity index is 351. The molecule has 1 rings (SSSR count). The SMILES string of the molecule is CC(C)(C)NS(=O)(=O)N1CCCN(CCO)CC1. The molecule has 6 nitrogen and oxygen atoms in total. The first-order valence-corrected chi connectivity index (χ1v) is 7.81. The predicted molar refractivity (Wildman–Crippen MR) is 71.5 cm³/mol. The highest BCUT2D eigenvalue weighted by molar-refractivity contribution is 7.87. The zero-order valence-electron chi connectivity index (χ0n) is 11.5. The van der Waals surface area contributed by atoms with E-state index in [4.69, 9.17) is 5.11 Å². The summed E-state index contributed by atoms with van der Waals surface area (Å²) in [5.41, 5.74) is -0.462. The lowest BCUT2D eigenvalue weighted by Crippen LogP contribution is -2.49. The van der Waals surface area contributed by atoms with Crippen LogP contribution in [0.25, 0.3) is 0 Å². The van der Waals surface area contributed by atoms with Gasteiger partial charge in [0, 0.05) is 31.7 Å². The molecule has 1 heterocycles. The van der Waals surface area contributed by atoms with E-state index in [9.17, 15) is 8.42 Å². The van der Waals surface area contributed by atoms with Gasteiger partial charge in [-0.05, 0) is 33.7 Å². The van der Waals surface area contributed by atoms with Gasteiger partial charge in [-0.2, -0.15) is 17.4 Å². The third kappa shape index (κ3) is 5.19. The minimum atomic E-state index is -3.41. The van der Waals surface area contributed by atoms with E-state index in [-0.39, 0.29) is 6.61 Å². The van der Waals surface area contributed by atoms with Gasteiger partial charge in [0.1, 0.15) is 0 Å². The lowest BCUT2D eigenvalue weighted by atomic mass is 10.1. The number of hydrogen-bond acceptors (Lipinski definition) is 4. The molecule has 0 aromatic rings. The van der Waals surface area contributed by atoms with Crippen molar-refractivity contribution < 1.29 is 13.5 Å². The molecule has 1 aliphatic rings. The highest BCUT2D eigenvalue weighted by Gasteiger charge is 2.28. The zero-order valence-corrected chi connectivity index (χ0v) is 12.3. The molecule has 0 bridgehead atoms. The van der Waals surface area contributed by atoms with Crippen LogP contribution in [-0.4, -0.2) is 67.6 Å². The predicted octanol–water partition coefficient (Wildman–Crippen LogP) is -0.381. The molecule has 0 amide bonds. The molecule has 0 aliphatic carbocycles. The fourth-order valence-corrected chi connectivity index (χ4v) is 3.60. The third-order valence-electron chi connectivity index (χ3n) is 2.74. The van der Waals surface area contributed by atoms with E-state index in [1.54, 1.807) is 0 Å². The Morgan fingerprint density at radius 2 is 1.83 bits per heavy atom. The van der Waals surface area contributed by atoms with Gasteiger partial charge in [0.2, 0.25) is 0 Å². The standard InChI is InChI=1S/C11H25N3O3S/c1-11(2,3)12-18(16,17)14-6-4-5-13(7-8-14)9-10-15/h12,15H,4-10H2,1-3H3. The maximum Gasteiger partial charge on any atom is 0.279 e. The molecule has 18 heavy (non-hydrogen) atoms. The van der Waals surface area contributed by atoms with E-state index in [2.05, 4.69) is 9.62 Å². The van der Waals surface area contributed by atoms with E-state index in [1.165, 1.54) is 4.31 Å². The lowest BCUT2D eigenvalue weighted by Gasteiger charge is -2.27. The van der Waals surface area contributed by atoms with E-state index in [0.29, 0.717) is 26.2 Å². The molecule has 0 spiro atoms. The largest absolute Gasteiger partial charge is 0.395 e. The van der Waals surface area contributed by atoms with Crippen LogP contribution in [0.1, 0.15) is 27.2 Å². The molecular formula is C11H25N3O3S. The molecule has 7 heteroatoms. The molecular weight excluding hydrogens is 254 g/mol. The number of hydrogen-bond donors (Lipinski definition) is 2. The van der Waals surface area contributed by atoms with Crippen LogP contribution in [0.4, 0.5) is 0 Å². The number of nitrogens with zero attached hydrogens (tertiary/aromatic N) is 2. The number of aliphatic hydroxyl groups excluding tert-OH is 1. The van der Waals surface area contributed by atoms with E-state index >= 15 is 0 Å². The molecule has 0 aromatic carbocycles. The van der Waals surface area contributed by atoms with Crippen molar-refractivity contribution in [2.24, 2.45) is 0 Å². The van der Waals surface area contributed by atoms with Gasteiger partial charge in [-0.25, -0.2) is 0 Å². The summed E-state index contributed by atoms with van der Waals surface area (Å²) in [5, 5.41) is 8.90. The second kappa shape index (κ2) is 6.29. The topological polar surface area (TPSA) is 72.9 Å². The van der Waals surface area contributed by atoms with Crippen molar-refractivity contribution in [1.29, 1.82) is 0 Å². The summed E-state index contributed by atoms with van der Waals surface area (Å²) in [6, 6.07) is 0. The van der Waals surface area contributed by atoms with Gasteiger partial charge in [-0.15, -0.1) is 0 Å². The third-order valence-corrected chi connectivity index (χ3v) is 4.65. The fourth-order valence-electron chi connectivity index (χ4n) is 2.00. The zero-order chi connectivity index (χ0) is 13.8. The summed E-state index contributed by atoms with van der Waals surface area (Å²) in [4.78, 5) is 2.09. The molecule has 0 aromatic heterocycles. The van der Waals surface area contributed by atoms with Gasteiger partial charge < -0.3 is 5.11 Å². The summed E-state index contributed by atoms with van der Waals surface area (Å²) in [6.45, 7) is 8.75. The molecule has 1 fully saturated rings. The van der Waals surface area contributed by atoms with Crippen molar-refractivity contribution in [3.05, 3.63) is 0 Å². The van der Waals surface area contributed by atoms with Gasteiger partial charge in [-0.1, -0.05) is 0 Å². The highest BCUT2D eigenvalue weighted by atomic mass is 32.2. The van der Waals surface area contributed by atoms with Gasteiger partial charge >= 0.3 is 0 Å². The smallest absolute Gasteiger partial charge is 0.279 e. The van der Waals surface area contributed by atoms with Crippen LogP contribution < -0.4 is 4.72 Å². The first kappa shape index (κ1) is 15.8. The summed E-state index contributed by atoms with van der Waals surface area (Å²) in [6.07, 6.45) is 0.797. The molecule has 0 atom stereocenters. The Kier molecular flexibility index (Phi) is 5.54. The number of aliphatic hydroxyl groups is 1. The highest BCUT2D eigenvalue weighted by Crippen LogP contribution is 2.10. The quantitative estimate of drug-likeness (QED) is 0.736. The molecule has 1 aliphatic heterocycles.